The number of aliphatic hydroxyl groups excluding tert-OH is 1. The van der Waals surface area contributed by atoms with Gasteiger partial charge in [-0.25, -0.2) is 4.98 Å². The van der Waals surface area contributed by atoms with Gasteiger partial charge in [0.15, 0.2) is 5.65 Å². The Morgan fingerprint density at radius 1 is 1.19 bits per heavy atom. The van der Waals surface area contributed by atoms with Crippen molar-refractivity contribution in [1.29, 1.82) is 0 Å². The van der Waals surface area contributed by atoms with Crippen molar-refractivity contribution in [2.24, 2.45) is 0 Å². The second-order valence-electron chi connectivity index (χ2n) is 8.29. The summed E-state index contributed by atoms with van der Waals surface area (Å²) in [5.41, 5.74) is 1.11. The fourth-order valence-corrected chi connectivity index (χ4v) is 4.45. The Balaban J connectivity index is 1.55. The SMILES string of the molecule is C[C@@H](CN1CC[C@@H](O)C1)NC(=O)c1cccn2c(=O)c3ccc4ccccc4c3nc12. The molecule has 5 rings (SSSR count). The zero-order valence-corrected chi connectivity index (χ0v) is 17.3. The molecule has 0 saturated carbocycles. The van der Waals surface area contributed by atoms with Crippen molar-refractivity contribution in [2.75, 3.05) is 19.6 Å². The number of aromatic nitrogens is 2. The summed E-state index contributed by atoms with van der Waals surface area (Å²) in [4.78, 5) is 33.1. The number of hydrogen-bond donors (Lipinski definition) is 2. The predicted octanol–water partition coefficient (Wildman–Crippen LogP) is 2.19. The number of pyridine rings is 1. The lowest BCUT2D eigenvalue weighted by molar-refractivity contribution is 0.0931. The van der Waals surface area contributed by atoms with Crippen LogP contribution < -0.4 is 10.9 Å². The Labute approximate surface area is 178 Å². The van der Waals surface area contributed by atoms with Crippen LogP contribution in [-0.2, 0) is 0 Å². The standard InChI is InChI=1S/C24H24N4O3/c1-15(13-27-12-10-17(29)14-27)25-23(30)20-7-4-11-28-22(20)26-21-18-6-3-2-5-16(18)8-9-19(21)24(28)31/h2-9,11,15,17,29H,10,12-14H2,1H3,(H,25,30)/t15-,17+/m0/s1. The van der Waals surface area contributed by atoms with Crippen LogP contribution in [0.4, 0.5) is 0 Å². The fraction of sp³-hybridized carbons (Fsp3) is 0.292. The molecule has 0 spiro atoms. The molecule has 31 heavy (non-hydrogen) atoms. The molecule has 2 N–H and O–H groups in total. The fourth-order valence-electron chi connectivity index (χ4n) is 4.45. The van der Waals surface area contributed by atoms with E-state index in [1.165, 1.54) is 4.40 Å². The van der Waals surface area contributed by atoms with E-state index in [1.807, 2.05) is 37.3 Å². The Morgan fingerprint density at radius 2 is 2.03 bits per heavy atom. The molecule has 158 valence electrons. The Morgan fingerprint density at radius 3 is 2.84 bits per heavy atom. The van der Waals surface area contributed by atoms with Crippen LogP contribution in [0.3, 0.4) is 0 Å². The molecule has 2 aromatic heterocycles. The summed E-state index contributed by atoms with van der Waals surface area (Å²) in [6.45, 7) is 4.06. The molecule has 7 heteroatoms. The number of β-amino-alcohol motifs (C(OH)–C–C–N with tert-alkyl or cyclic N) is 1. The largest absolute Gasteiger partial charge is 0.392 e. The number of likely N-dealkylation sites (tertiary alicyclic amines) is 1. The molecule has 0 unspecified atom stereocenters. The van der Waals surface area contributed by atoms with Crippen molar-refractivity contribution in [2.45, 2.75) is 25.5 Å². The maximum Gasteiger partial charge on any atom is 0.265 e. The summed E-state index contributed by atoms with van der Waals surface area (Å²) in [5.74, 6) is -0.267. The van der Waals surface area contributed by atoms with Gasteiger partial charge < -0.3 is 10.4 Å². The van der Waals surface area contributed by atoms with Gasteiger partial charge in [0.1, 0.15) is 0 Å². The van der Waals surface area contributed by atoms with E-state index in [4.69, 9.17) is 4.98 Å². The highest BCUT2D eigenvalue weighted by atomic mass is 16.3. The number of amides is 1. The van der Waals surface area contributed by atoms with Crippen LogP contribution in [0, 0.1) is 0 Å². The van der Waals surface area contributed by atoms with Crippen molar-refractivity contribution in [3.8, 4) is 0 Å². The minimum absolute atomic E-state index is 0.105. The lowest BCUT2D eigenvalue weighted by Gasteiger charge is -2.21. The summed E-state index contributed by atoms with van der Waals surface area (Å²) < 4.78 is 1.44. The number of benzene rings is 2. The van der Waals surface area contributed by atoms with Gasteiger partial charge in [0.25, 0.3) is 11.5 Å². The summed E-state index contributed by atoms with van der Waals surface area (Å²) in [7, 11) is 0. The van der Waals surface area contributed by atoms with Gasteiger partial charge in [-0.1, -0.05) is 30.3 Å². The first kappa shape index (κ1) is 19.7. The third-order valence-corrected chi connectivity index (χ3v) is 5.94. The highest BCUT2D eigenvalue weighted by molar-refractivity contribution is 6.07. The van der Waals surface area contributed by atoms with Gasteiger partial charge in [-0.2, -0.15) is 0 Å². The minimum atomic E-state index is -0.292. The van der Waals surface area contributed by atoms with Crippen LogP contribution in [0.1, 0.15) is 23.7 Å². The minimum Gasteiger partial charge on any atom is -0.392 e. The highest BCUT2D eigenvalue weighted by Crippen LogP contribution is 2.23. The molecule has 1 aliphatic rings. The van der Waals surface area contributed by atoms with Gasteiger partial charge in [-0.05, 0) is 36.9 Å². The number of carbonyl (C=O) groups is 1. The quantitative estimate of drug-likeness (QED) is 0.393. The molecule has 0 radical (unpaired) electrons. The van der Waals surface area contributed by atoms with Gasteiger partial charge in [-0.15, -0.1) is 0 Å². The molecule has 1 saturated heterocycles. The van der Waals surface area contributed by atoms with E-state index in [-0.39, 0.29) is 23.6 Å². The number of rotatable bonds is 4. The molecule has 2 atom stereocenters. The van der Waals surface area contributed by atoms with Crippen LogP contribution in [0.5, 0.6) is 0 Å². The molecule has 0 bridgehead atoms. The zero-order valence-electron chi connectivity index (χ0n) is 17.3. The number of fused-ring (bicyclic) bond motifs is 4. The first-order chi connectivity index (χ1) is 15.0. The van der Waals surface area contributed by atoms with Gasteiger partial charge in [0.2, 0.25) is 0 Å². The van der Waals surface area contributed by atoms with Crippen LogP contribution in [0.2, 0.25) is 0 Å². The van der Waals surface area contributed by atoms with E-state index in [0.717, 1.165) is 23.7 Å². The molecule has 7 nitrogen and oxygen atoms in total. The van der Waals surface area contributed by atoms with Crippen molar-refractivity contribution in [3.05, 3.63) is 70.6 Å². The van der Waals surface area contributed by atoms with Crippen molar-refractivity contribution >= 4 is 33.2 Å². The number of nitrogens with one attached hydrogen (secondary N) is 1. The van der Waals surface area contributed by atoms with Crippen molar-refractivity contribution < 1.29 is 9.90 Å². The summed E-state index contributed by atoms with van der Waals surface area (Å²) in [6.07, 6.45) is 2.11. The lowest BCUT2D eigenvalue weighted by Crippen LogP contribution is -2.41. The number of hydrogen-bond acceptors (Lipinski definition) is 5. The molecular formula is C24H24N4O3. The third-order valence-electron chi connectivity index (χ3n) is 5.94. The van der Waals surface area contributed by atoms with E-state index in [2.05, 4.69) is 10.2 Å². The smallest absolute Gasteiger partial charge is 0.265 e. The Hall–Kier alpha value is -3.29. The third kappa shape index (κ3) is 3.56. The lowest BCUT2D eigenvalue weighted by atomic mass is 10.1. The monoisotopic (exact) mass is 416 g/mol. The van der Waals surface area contributed by atoms with Crippen molar-refractivity contribution in [3.63, 3.8) is 0 Å². The van der Waals surface area contributed by atoms with E-state index in [9.17, 15) is 14.7 Å². The molecule has 1 fully saturated rings. The number of aliphatic hydroxyl groups is 1. The number of carbonyl (C=O) groups excluding carboxylic acids is 1. The van der Waals surface area contributed by atoms with Gasteiger partial charge in [-0.3, -0.25) is 18.9 Å². The van der Waals surface area contributed by atoms with E-state index < -0.39 is 0 Å². The van der Waals surface area contributed by atoms with Crippen LogP contribution >= 0.6 is 0 Å². The Bertz CT molecular complexity index is 1360. The maximum atomic E-state index is 13.2. The van der Waals surface area contributed by atoms with Crippen LogP contribution in [0.15, 0.2) is 59.5 Å². The molecule has 0 aliphatic carbocycles. The van der Waals surface area contributed by atoms with Crippen LogP contribution in [0.25, 0.3) is 27.3 Å². The molecule has 3 heterocycles. The Kier molecular flexibility index (Phi) is 4.92. The summed E-state index contributed by atoms with van der Waals surface area (Å²) >= 11 is 0. The van der Waals surface area contributed by atoms with E-state index in [0.29, 0.717) is 35.2 Å². The van der Waals surface area contributed by atoms with Gasteiger partial charge in [0, 0.05) is 37.3 Å². The van der Waals surface area contributed by atoms with Gasteiger partial charge >= 0.3 is 0 Å². The van der Waals surface area contributed by atoms with E-state index in [1.54, 1.807) is 24.4 Å². The molecule has 1 amide bonds. The molecule has 2 aromatic carbocycles. The average Bonchev–Trinajstić information content (AvgIpc) is 3.17. The normalized spacial score (nSPS) is 18.1. The second-order valence-corrected chi connectivity index (χ2v) is 8.29. The first-order valence-electron chi connectivity index (χ1n) is 10.6. The topological polar surface area (TPSA) is 86.9 Å². The highest BCUT2D eigenvalue weighted by Gasteiger charge is 2.23. The molecule has 4 aromatic rings. The first-order valence-corrected chi connectivity index (χ1v) is 10.6. The zero-order chi connectivity index (χ0) is 21.5. The van der Waals surface area contributed by atoms with Crippen LogP contribution in [-0.4, -0.2) is 57.1 Å². The second kappa shape index (κ2) is 7.76. The maximum absolute atomic E-state index is 13.2. The summed E-state index contributed by atoms with van der Waals surface area (Å²) in [6, 6.07) is 14.8. The number of nitrogens with zero attached hydrogens (tertiary/aromatic N) is 3. The molecule has 1 aliphatic heterocycles. The molecular weight excluding hydrogens is 392 g/mol. The predicted molar refractivity (Wildman–Crippen MR) is 120 cm³/mol. The summed E-state index contributed by atoms with van der Waals surface area (Å²) in [5, 5.41) is 15.1. The van der Waals surface area contributed by atoms with Gasteiger partial charge in [0.05, 0.1) is 22.6 Å². The van der Waals surface area contributed by atoms with Crippen molar-refractivity contribution in [1.82, 2.24) is 19.6 Å². The average molecular weight is 416 g/mol. The van der Waals surface area contributed by atoms with E-state index >= 15 is 0 Å².